The number of rotatable bonds is 8. The molecule has 0 bridgehead atoms. The highest BCUT2D eigenvalue weighted by molar-refractivity contribution is 5.95. The zero-order valence-corrected chi connectivity index (χ0v) is 21.2. The molecule has 1 saturated carbocycles. The number of nitrogens with one attached hydrogen (secondary N) is 1. The van der Waals surface area contributed by atoms with Crippen molar-refractivity contribution in [1.29, 1.82) is 0 Å². The van der Waals surface area contributed by atoms with Gasteiger partial charge in [0.15, 0.2) is 0 Å². The van der Waals surface area contributed by atoms with E-state index in [0.717, 1.165) is 68.5 Å². The van der Waals surface area contributed by atoms with Crippen molar-refractivity contribution in [3.63, 3.8) is 0 Å². The summed E-state index contributed by atoms with van der Waals surface area (Å²) in [6, 6.07) is 7.97. The highest BCUT2D eigenvalue weighted by atomic mass is 16.5. The van der Waals surface area contributed by atoms with Gasteiger partial charge in [0.1, 0.15) is 5.75 Å². The molecule has 5 heteroatoms. The first-order valence-electron chi connectivity index (χ1n) is 12.6. The summed E-state index contributed by atoms with van der Waals surface area (Å²) < 4.78 is 5.41. The predicted molar refractivity (Wildman–Crippen MR) is 134 cm³/mol. The number of benzene rings is 1. The molecular weight excluding hydrogens is 412 g/mol. The summed E-state index contributed by atoms with van der Waals surface area (Å²) in [5.41, 5.74) is 2.09. The lowest BCUT2D eigenvalue weighted by Crippen LogP contribution is -2.41. The van der Waals surface area contributed by atoms with Crippen molar-refractivity contribution < 1.29 is 14.3 Å². The second-order valence-corrected chi connectivity index (χ2v) is 10.8. The Morgan fingerprint density at radius 3 is 2.55 bits per heavy atom. The molecule has 182 valence electrons. The fourth-order valence-electron chi connectivity index (χ4n) is 5.73. The maximum Gasteiger partial charge on any atom is 0.244 e. The molecule has 33 heavy (non-hydrogen) atoms. The van der Waals surface area contributed by atoms with Crippen LogP contribution in [0.25, 0.3) is 5.57 Å². The van der Waals surface area contributed by atoms with E-state index in [0.29, 0.717) is 24.2 Å². The van der Waals surface area contributed by atoms with E-state index in [1.807, 2.05) is 31.2 Å². The lowest BCUT2D eigenvalue weighted by molar-refractivity contribution is -0.131. The monoisotopic (exact) mass is 454 g/mol. The summed E-state index contributed by atoms with van der Waals surface area (Å²) >= 11 is 0. The van der Waals surface area contributed by atoms with Crippen molar-refractivity contribution in [2.75, 3.05) is 20.2 Å². The third-order valence-corrected chi connectivity index (χ3v) is 7.46. The summed E-state index contributed by atoms with van der Waals surface area (Å²) in [4.78, 5) is 27.5. The molecule has 0 aromatic heterocycles. The van der Waals surface area contributed by atoms with Gasteiger partial charge in [0.2, 0.25) is 11.8 Å². The molecule has 1 N–H and O–H groups in total. The van der Waals surface area contributed by atoms with E-state index in [1.165, 1.54) is 0 Å². The van der Waals surface area contributed by atoms with E-state index in [9.17, 15) is 9.59 Å². The van der Waals surface area contributed by atoms with E-state index in [4.69, 9.17) is 4.74 Å². The van der Waals surface area contributed by atoms with Crippen LogP contribution in [0.1, 0.15) is 78.2 Å². The van der Waals surface area contributed by atoms with Crippen LogP contribution in [0, 0.1) is 17.3 Å². The first-order chi connectivity index (χ1) is 15.7. The highest BCUT2D eigenvalue weighted by Gasteiger charge is 2.42. The number of nitrogens with zero attached hydrogens (tertiary/aromatic N) is 1. The Bertz CT molecular complexity index is 852. The number of carbonyl (C=O) groups is 2. The van der Waals surface area contributed by atoms with Crippen LogP contribution in [0.4, 0.5) is 0 Å². The first kappa shape index (κ1) is 25.3. The molecule has 5 nitrogen and oxygen atoms in total. The van der Waals surface area contributed by atoms with E-state index in [2.05, 4.69) is 31.0 Å². The molecule has 1 saturated heterocycles. The minimum absolute atomic E-state index is 0.0401. The molecule has 1 aliphatic heterocycles. The summed E-state index contributed by atoms with van der Waals surface area (Å²) in [6.45, 7) is 10.4. The molecule has 1 heterocycles. The molecule has 3 rings (SSSR count). The lowest BCUT2D eigenvalue weighted by atomic mass is 9.72. The Hall–Kier alpha value is -2.30. The minimum atomic E-state index is -0.0401. The van der Waals surface area contributed by atoms with Crippen LogP contribution in [-0.4, -0.2) is 43.0 Å². The van der Waals surface area contributed by atoms with Crippen LogP contribution >= 0.6 is 0 Å². The number of carbonyl (C=O) groups excluding carboxylic acids is 2. The Kier molecular flexibility index (Phi) is 8.61. The van der Waals surface area contributed by atoms with Gasteiger partial charge in [-0.15, -0.1) is 0 Å². The summed E-state index contributed by atoms with van der Waals surface area (Å²) in [5.74, 6) is 2.15. The molecule has 1 aromatic rings. The highest BCUT2D eigenvalue weighted by Crippen LogP contribution is 2.44. The number of para-hydroxylation sites is 1. The van der Waals surface area contributed by atoms with Gasteiger partial charge in [0.25, 0.3) is 0 Å². The molecular formula is C28H42N2O3. The van der Waals surface area contributed by atoms with Gasteiger partial charge < -0.3 is 15.0 Å². The average Bonchev–Trinajstić information content (AvgIpc) is 3.18. The molecule has 1 aromatic carbocycles. The topological polar surface area (TPSA) is 58.6 Å². The molecule has 2 fully saturated rings. The Labute approximate surface area is 200 Å². The maximum atomic E-state index is 12.8. The number of ether oxygens (including phenoxy) is 1. The Morgan fingerprint density at radius 1 is 1.18 bits per heavy atom. The van der Waals surface area contributed by atoms with Crippen molar-refractivity contribution in [1.82, 2.24) is 10.2 Å². The van der Waals surface area contributed by atoms with Gasteiger partial charge in [-0.1, -0.05) is 39.0 Å². The van der Waals surface area contributed by atoms with Crippen LogP contribution in [0.2, 0.25) is 0 Å². The van der Waals surface area contributed by atoms with Gasteiger partial charge in [-0.2, -0.15) is 0 Å². The van der Waals surface area contributed by atoms with Crippen molar-refractivity contribution >= 4 is 17.4 Å². The standard InChI is InChI=1S/C28H42N2O3/c1-20(2)16-21(3)17-27(32)30-15-14-28(19-30)12-10-23(11-13-28)29-26(31)18-22(4)24-8-6-7-9-25(24)33-5/h6-9,18,20-21,23H,10-17,19H2,1-5H3,(H,29,31)/b22-18+. The van der Waals surface area contributed by atoms with Crippen LogP contribution in [-0.2, 0) is 9.59 Å². The molecule has 1 aliphatic carbocycles. The Balaban J connectivity index is 1.48. The fraction of sp³-hybridized carbons (Fsp3) is 0.643. The van der Waals surface area contributed by atoms with E-state index in [-0.39, 0.29) is 17.4 Å². The SMILES string of the molecule is COc1ccccc1/C(C)=C/C(=O)NC1CCC2(CC1)CCN(C(=O)CC(C)CC(C)C)C2. The van der Waals surface area contributed by atoms with Crippen molar-refractivity contribution in [3.05, 3.63) is 35.9 Å². The normalized spacial score (nSPS) is 24.2. The molecule has 1 spiro atoms. The summed E-state index contributed by atoms with van der Waals surface area (Å²) in [5, 5.41) is 3.20. The van der Waals surface area contributed by atoms with Crippen LogP contribution < -0.4 is 10.1 Å². The number of methoxy groups -OCH3 is 1. The smallest absolute Gasteiger partial charge is 0.244 e. The third kappa shape index (κ3) is 6.84. The van der Waals surface area contributed by atoms with Gasteiger partial charge in [-0.05, 0) is 74.3 Å². The second-order valence-electron chi connectivity index (χ2n) is 10.8. The zero-order chi connectivity index (χ0) is 24.0. The van der Waals surface area contributed by atoms with Crippen molar-refractivity contribution in [3.8, 4) is 5.75 Å². The number of hydrogen-bond donors (Lipinski definition) is 1. The van der Waals surface area contributed by atoms with Crippen LogP contribution in [0.15, 0.2) is 30.3 Å². The molecule has 2 aliphatic rings. The summed E-state index contributed by atoms with van der Waals surface area (Å²) in [6.07, 6.45) is 8.69. The van der Waals surface area contributed by atoms with Gasteiger partial charge in [0.05, 0.1) is 7.11 Å². The first-order valence-corrected chi connectivity index (χ1v) is 12.6. The molecule has 1 atom stereocenters. The zero-order valence-electron chi connectivity index (χ0n) is 21.2. The predicted octanol–water partition coefficient (Wildman–Crippen LogP) is 5.45. The number of likely N-dealkylation sites (tertiary alicyclic amines) is 1. The van der Waals surface area contributed by atoms with Crippen LogP contribution in [0.3, 0.4) is 0 Å². The van der Waals surface area contributed by atoms with Gasteiger partial charge in [0, 0.05) is 37.2 Å². The minimum Gasteiger partial charge on any atom is -0.496 e. The maximum absolute atomic E-state index is 12.8. The summed E-state index contributed by atoms with van der Waals surface area (Å²) in [7, 11) is 1.65. The lowest BCUT2D eigenvalue weighted by Gasteiger charge is -2.37. The average molecular weight is 455 g/mol. The van der Waals surface area contributed by atoms with Gasteiger partial charge >= 0.3 is 0 Å². The Morgan fingerprint density at radius 2 is 1.88 bits per heavy atom. The van der Waals surface area contributed by atoms with Gasteiger partial charge in [-0.3, -0.25) is 9.59 Å². The third-order valence-electron chi connectivity index (χ3n) is 7.46. The van der Waals surface area contributed by atoms with Crippen molar-refractivity contribution in [2.45, 2.75) is 78.7 Å². The molecule has 1 unspecified atom stereocenters. The van der Waals surface area contributed by atoms with E-state index in [1.54, 1.807) is 13.2 Å². The second kappa shape index (κ2) is 11.2. The fourth-order valence-corrected chi connectivity index (χ4v) is 5.73. The quantitative estimate of drug-likeness (QED) is 0.532. The van der Waals surface area contributed by atoms with Crippen molar-refractivity contribution in [2.24, 2.45) is 17.3 Å². The number of amides is 2. The van der Waals surface area contributed by atoms with Gasteiger partial charge in [-0.25, -0.2) is 0 Å². The van der Waals surface area contributed by atoms with E-state index < -0.39 is 0 Å². The van der Waals surface area contributed by atoms with E-state index >= 15 is 0 Å². The largest absolute Gasteiger partial charge is 0.496 e. The van der Waals surface area contributed by atoms with Crippen LogP contribution in [0.5, 0.6) is 5.75 Å². The molecule has 0 radical (unpaired) electrons. The molecule has 2 amide bonds. The number of hydrogen-bond acceptors (Lipinski definition) is 3. The number of allylic oxidation sites excluding steroid dienone is 1.